The second-order valence-electron chi connectivity index (χ2n) is 14.0. The van der Waals surface area contributed by atoms with E-state index in [1.807, 2.05) is 13.0 Å². The van der Waals surface area contributed by atoms with Crippen LogP contribution in [0.25, 0.3) is 22.8 Å². The molecule has 0 atom stereocenters. The summed E-state index contributed by atoms with van der Waals surface area (Å²) < 4.78 is 83.6. The number of aromatic nitrogens is 4. The second-order valence-corrected chi connectivity index (χ2v) is 15.4. The second kappa shape index (κ2) is 15.9. The monoisotopic (exact) mass is 804 g/mol. The Bertz CT molecular complexity index is 2580. The zero-order valence-corrected chi connectivity index (χ0v) is 32.2. The van der Waals surface area contributed by atoms with Gasteiger partial charge < -0.3 is 10.1 Å². The molecular weight excluding hydrogens is 766 g/mol. The number of alkyl halides is 3. The topological polar surface area (TPSA) is 178 Å². The fourth-order valence-corrected chi connectivity index (χ4v) is 8.12. The first-order valence-corrected chi connectivity index (χ1v) is 19.5. The Morgan fingerprint density at radius 2 is 1.65 bits per heavy atom. The summed E-state index contributed by atoms with van der Waals surface area (Å²) in [6.07, 6.45) is -1.58. The predicted octanol–water partition coefficient (Wildman–Crippen LogP) is 6.76. The number of carbonyl (C=O) groups excluding carboxylic acids is 2. The molecule has 1 aliphatic rings. The quantitative estimate of drug-likeness (QED) is 0.120. The molecule has 3 aromatic carbocycles. The Balaban J connectivity index is 1.21. The molecule has 13 nitrogen and oxygen atoms in total. The van der Waals surface area contributed by atoms with Gasteiger partial charge in [-0.1, -0.05) is 6.07 Å². The van der Waals surface area contributed by atoms with Gasteiger partial charge in [0, 0.05) is 12.5 Å². The van der Waals surface area contributed by atoms with E-state index in [4.69, 9.17) is 4.74 Å². The number of esters is 1. The maximum Gasteiger partial charge on any atom is 0.416 e. The van der Waals surface area contributed by atoms with Crippen LogP contribution in [0, 0.1) is 44.9 Å². The van der Waals surface area contributed by atoms with Gasteiger partial charge in [-0.2, -0.15) is 31.9 Å². The van der Waals surface area contributed by atoms with Crippen LogP contribution in [0.3, 0.4) is 0 Å². The molecule has 0 aliphatic heterocycles. The Morgan fingerprint density at radius 3 is 2.28 bits per heavy atom. The molecule has 1 fully saturated rings. The molecule has 298 valence electrons. The molecule has 6 rings (SSSR count). The number of nitrogens with one attached hydrogen (secondary N) is 1. The van der Waals surface area contributed by atoms with Gasteiger partial charge in [0.05, 0.1) is 63.6 Å². The molecule has 17 heteroatoms. The Labute approximate surface area is 326 Å². The highest BCUT2D eigenvalue weighted by atomic mass is 32.2. The number of benzene rings is 3. The smallest absolute Gasteiger partial charge is 0.416 e. The van der Waals surface area contributed by atoms with E-state index in [2.05, 4.69) is 10.4 Å². The first kappa shape index (κ1) is 40.7. The molecule has 0 radical (unpaired) electrons. The van der Waals surface area contributed by atoms with Crippen LogP contribution in [-0.2, 0) is 32.2 Å². The summed E-state index contributed by atoms with van der Waals surface area (Å²) in [6, 6.07) is 14.3. The van der Waals surface area contributed by atoms with Crippen LogP contribution in [0.5, 0.6) is 0 Å². The number of hydrogen-bond acceptors (Lipinski definition) is 8. The van der Waals surface area contributed by atoms with E-state index in [0.29, 0.717) is 53.6 Å². The van der Waals surface area contributed by atoms with Crippen LogP contribution in [0.15, 0.2) is 76.6 Å². The van der Waals surface area contributed by atoms with Gasteiger partial charge in [0.1, 0.15) is 5.69 Å². The molecule has 1 aliphatic carbocycles. The largest absolute Gasteiger partial charge is 0.465 e. The van der Waals surface area contributed by atoms with Gasteiger partial charge in [-0.3, -0.25) is 13.9 Å². The van der Waals surface area contributed by atoms with Crippen molar-refractivity contribution in [3.05, 3.63) is 116 Å². The van der Waals surface area contributed by atoms with Gasteiger partial charge in [-0.05, 0) is 130 Å². The number of carbonyl (C=O) groups is 2. The molecule has 0 bridgehead atoms. The Kier molecular flexibility index (Phi) is 11.3. The van der Waals surface area contributed by atoms with Gasteiger partial charge in [0.25, 0.3) is 10.1 Å². The van der Waals surface area contributed by atoms with Crippen LogP contribution in [0.1, 0.15) is 64.8 Å². The number of rotatable bonds is 9. The van der Waals surface area contributed by atoms with Crippen molar-refractivity contribution in [3.8, 4) is 28.8 Å². The summed E-state index contributed by atoms with van der Waals surface area (Å²) in [7, 11) is -4.45. The van der Waals surface area contributed by atoms with Crippen LogP contribution < -0.4 is 11.0 Å². The minimum Gasteiger partial charge on any atom is -0.465 e. The number of hydrogen-bond donors (Lipinski definition) is 2. The number of amides is 1. The number of nitriles is 1. The van der Waals surface area contributed by atoms with E-state index in [1.54, 1.807) is 44.2 Å². The van der Waals surface area contributed by atoms with E-state index in [1.165, 1.54) is 36.0 Å². The van der Waals surface area contributed by atoms with Gasteiger partial charge in [-0.25, -0.2) is 18.8 Å². The third-order valence-electron chi connectivity index (χ3n) is 10.6. The summed E-state index contributed by atoms with van der Waals surface area (Å²) >= 11 is 0. The fraction of sp³-hybridized carbons (Fsp3) is 0.325. The average molecular weight is 805 g/mol. The van der Waals surface area contributed by atoms with E-state index < -0.39 is 51.5 Å². The number of halogens is 3. The van der Waals surface area contributed by atoms with Crippen LogP contribution in [0.2, 0.25) is 0 Å². The summed E-state index contributed by atoms with van der Waals surface area (Å²) in [5.41, 5.74) is 2.03. The SMILES string of the molecule is Cc1c(CCOC(=O)C2CCC(NC(=O)n3c(-c4ccnn4-c4ccc(C#N)cc4)c(C)n(-c4cccc(C(F)(F)F)c4)c3=O)CC2)cc(S(=O)(=O)O)c(C)c1C. The van der Waals surface area contributed by atoms with Gasteiger partial charge in [-0.15, -0.1) is 0 Å². The highest BCUT2D eigenvalue weighted by molar-refractivity contribution is 7.85. The highest BCUT2D eigenvalue weighted by Gasteiger charge is 2.34. The Hall–Kier alpha value is -5.99. The predicted molar refractivity (Wildman–Crippen MR) is 202 cm³/mol. The van der Waals surface area contributed by atoms with Crippen molar-refractivity contribution in [1.29, 1.82) is 5.26 Å². The minimum atomic E-state index is -4.69. The van der Waals surface area contributed by atoms with E-state index in [-0.39, 0.29) is 40.7 Å². The lowest BCUT2D eigenvalue weighted by Crippen LogP contribution is -2.44. The number of ether oxygens (including phenoxy) is 1. The summed E-state index contributed by atoms with van der Waals surface area (Å²) in [6.45, 7) is 6.69. The summed E-state index contributed by atoms with van der Waals surface area (Å²) in [4.78, 5) is 41.1. The Morgan fingerprint density at radius 1 is 0.965 bits per heavy atom. The zero-order valence-electron chi connectivity index (χ0n) is 31.4. The van der Waals surface area contributed by atoms with Crippen LogP contribution in [0.4, 0.5) is 18.0 Å². The van der Waals surface area contributed by atoms with Crippen molar-refractivity contribution >= 4 is 22.1 Å². The van der Waals surface area contributed by atoms with Crippen LogP contribution in [-0.4, -0.2) is 56.5 Å². The lowest BCUT2D eigenvalue weighted by atomic mass is 9.86. The first-order chi connectivity index (χ1) is 26.9. The van der Waals surface area contributed by atoms with Gasteiger partial charge in [0.15, 0.2) is 0 Å². The van der Waals surface area contributed by atoms with Crippen molar-refractivity contribution < 1.29 is 40.5 Å². The van der Waals surface area contributed by atoms with Crippen molar-refractivity contribution in [2.45, 2.75) is 76.9 Å². The van der Waals surface area contributed by atoms with Crippen molar-refractivity contribution in [3.63, 3.8) is 0 Å². The molecule has 0 saturated heterocycles. The number of imidazole rings is 1. The summed E-state index contributed by atoms with van der Waals surface area (Å²) in [5, 5.41) is 16.5. The molecule has 1 amide bonds. The first-order valence-electron chi connectivity index (χ1n) is 18.0. The van der Waals surface area contributed by atoms with E-state index in [0.717, 1.165) is 26.8 Å². The number of nitrogens with zero attached hydrogens (tertiary/aromatic N) is 5. The molecule has 2 aromatic heterocycles. The summed E-state index contributed by atoms with van der Waals surface area (Å²) in [5.74, 6) is -0.920. The zero-order chi connectivity index (χ0) is 41.4. The molecule has 0 spiro atoms. The van der Waals surface area contributed by atoms with E-state index in [9.17, 15) is 45.8 Å². The third-order valence-corrected chi connectivity index (χ3v) is 11.6. The van der Waals surface area contributed by atoms with Crippen molar-refractivity contribution in [2.75, 3.05) is 6.61 Å². The molecule has 57 heavy (non-hydrogen) atoms. The fourth-order valence-electron chi connectivity index (χ4n) is 7.29. The molecule has 5 aromatic rings. The maximum absolute atomic E-state index is 14.2. The average Bonchev–Trinajstić information content (AvgIpc) is 3.75. The van der Waals surface area contributed by atoms with E-state index >= 15 is 0 Å². The molecule has 1 saturated carbocycles. The normalized spacial score (nSPS) is 15.9. The van der Waals surface area contributed by atoms with Crippen LogP contribution >= 0.6 is 0 Å². The lowest BCUT2D eigenvalue weighted by molar-refractivity contribution is -0.149. The van der Waals surface area contributed by atoms with Gasteiger partial charge in [0.2, 0.25) is 0 Å². The lowest BCUT2D eigenvalue weighted by Gasteiger charge is -2.28. The molecule has 2 N–H and O–H groups in total. The molecule has 2 heterocycles. The molecular formula is C40H39F3N6O7S. The van der Waals surface area contributed by atoms with Crippen molar-refractivity contribution in [1.82, 2.24) is 24.2 Å². The standard InChI is InChI=1S/C40H39F3N6O7S/c1-23-24(2)29(20-35(25(23)3)57(53,54)55)17-19-56-37(50)28-10-12-31(13-11-28)46-38(51)48-36(34-16-18-45-49(34)32-14-8-27(22-44)9-15-32)26(4)47(39(48)52)33-7-5-6-30(21-33)40(41,42)43/h5-9,14-16,18,20-21,28,31H,10-13,17,19H2,1-4H3,(H,46,51)(H,53,54,55). The van der Waals surface area contributed by atoms with Crippen molar-refractivity contribution in [2.24, 2.45) is 5.92 Å². The highest BCUT2D eigenvalue weighted by Crippen LogP contribution is 2.33. The minimum absolute atomic E-state index is 0.0171. The third kappa shape index (κ3) is 8.28. The molecule has 0 unspecified atom stereocenters. The maximum atomic E-state index is 14.2. The van der Waals surface area contributed by atoms with Gasteiger partial charge >= 0.3 is 23.9 Å².